The fourth-order valence-corrected chi connectivity index (χ4v) is 2.63. The second kappa shape index (κ2) is 4.89. The normalized spacial score (nSPS) is 10.5. The van der Waals surface area contributed by atoms with Gasteiger partial charge in [0.1, 0.15) is 10.1 Å². The molecule has 2 aromatic heterocycles. The summed E-state index contributed by atoms with van der Waals surface area (Å²) >= 11 is 7.37. The predicted molar refractivity (Wildman–Crippen MR) is 66.7 cm³/mol. The van der Waals surface area contributed by atoms with Gasteiger partial charge in [-0.05, 0) is 30.8 Å². The maximum Gasteiger partial charge on any atom is 0.154 e. The molecule has 2 rings (SSSR count). The molecule has 0 radical (unpaired) electrons. The average Bonchev–Trinajstić information content (AvgIpc) is 2.56. The number of hydrogen-bond donors (Lipinski definition) is 0. The monoisotopic (exact) mass is 267 g/mol. The van der Waals surface area contributed by atoms with Gasteiger partial charge in [0.15, 0.2) is 6.29 Å². The summed E-state index contributed by atoms with van der Waals surface area (Å²) in [6.07, 6.45) is 2.47. The first-order chi connectivity index (χ1) is 8.13. The zero-order valence-corrected chi connectivity index (χ0v) is 10.9. The Labute approximate surface area is 108 Å². The molecule has 4 nitrogen and oxygen atoms in total. The van der Waals surface area contributed by atoms with E-state index in [9.17, 15) is 4.79 Å². The number of rotatable bonds is 3. The lowest BCUT2D eigenvalue weighted by Gasteiger charge is -2.03. The lowest BCUT2D eigenvalue weighted by Crippen LogP contribution is -1.94. The van der Waals surface area contributed by atoms with Crippen LogP contribution in [0.5, 0.6) is 0 Å². The summed E-state index contributed by atoms with van der Waals surface area (Å²) in [5.74, 6) is 0. The second-order valence-electron chi connectivity index (χ2n) is 3.44. The van der Waals surface area contributed by atoms with Crippen molar-refractivity contribution < 1.29 is 4.79 Å². The van der Waals surface area contributed by atoms with E-state index in [-0.39, 0.29) is 0 Å². The number of aryl methyl sites for hydroxylation is 2. The molecule has 0 aliphatic heterocycles. The molecular weight excluding hydrogens is 258 g/mol. The van der Waals surface area contributed by atoms with Gasteiger partial charge < -0.3 is 0 Å². The second-order valence-corrected chi connectivity index (χ2v) is 4.82. The molecule has 0 aromatic carbocycles. The number of aldehydes is 1. The van der Waals surface area contributed by atoms with Crippen molar-refractivity contribution in [3.8, 4) is 0 Å². The predicted octanol–water partition coefficient (Wildman–Crippen LogP) is 2.74. The maximum atomic E-state index is 11.0. The van der Waals surface area contributed by atoms with Crippen LogP contribution < -0.4 is 0 Å². The van der Waals surface area contributed by atoms with Gasteiger partial charge in [0.2, 0.25) is 0 Å². The molecule has 2 heterocycles. The number of pyridine rings is 1. The molecule has 0 spiro atoms. The molecule has 6 heteroatoms. The van der Waals surface area contributed by atoms with Gasteiger partial charge in [0, 0.05) is 13.2 Å². The topological polar surface area (TPSA) is 47.8 Å². The molecule has 17 heavy (non-hydrogen) atoms. The molecule has 0 saturated carbocycles. The number of aromatic nitrogens is 3. The summed E-state index contributed by atoms with van der Waals surface area (Å²) in [5, 5.41) is 6.18. The molecule has 0 unspecified atom stereocenters. The molecule has 0 bridgehead atoms. The Balaban J connectivity index is 2.43. The van der Waals surface area contributed by atoms with E-state index in [4.69, 9.17) is 11.6 Å². The van der Waals surface area contributed by atoms with Crippen LogP contribution in [-0.4, -0.2) is 21.1 Å². The van der Waals surface area contributed by atoms with Crippen molar-refractivity contribution in [1.29, 1.82) is 0 Å². The Morgan fingerprint density at radius 2 is 2.29 bits per heavy atom. The highest BCUT2D eigenvalue weighted by molar-refractivity contribution is 7.99. The van der Waals surface area contributed by atoms with E-state index in [0.717, 1.165) is 11.3 Å². The number of carbonyl (C=O) groups excluding carboxylic acids is 1. The molecular formula is C11H10ClN3OS. The van der Waals surface area contributed by atoms with Crippen LogP contribution in [0.25, 0.3) is 0 Å². The largest absolute Gasteiger partial charge is 0.298 e. The number of halogens is 1. The van der Waals surface area contributed by atoms with Crippen LogP contribution in [0.2, 0.25) is 5.02 Å². The fourth-order valence-electron chi connectivity index (χ4n) is 1.45. The quantitative estimate of drug-likeness (QED) is 0.803. The van der Waals surface area contributed by atoms with Crippen molar-refractivity contribution in [2.75, 3.05) is 0 Å². The van der Waals surface area contributed by atoms with E-state index in [1.54, 1.807) is 37.0 Å². The van der Waals surface area contributed by atoms with Crippen LogP contribution in [0.1, 0.15) is 16.1 Å². The minimum absolute atomic E-state index is 0.563. The molecule has 0 N–H and O–H groups in total. The highest BCUT2D eigenvalue weighted by atomic mass is 35.5. The number of carbonyl (C=O) groups is 1. The first kappa shape index (κ1) is 12.1. The molecule has 88 valence electrons. The zero-order chi connectivity index (χ0) is 12.4. The van der Waals surface area contributed by atoms with E-state index >= 15 is 0 Å². The van der Waals surface area contributed by atoms with Gasteiger partial charge >= 0.3 is 0 Å². The van der Waals surface area contributed by atoms with Gasteiger partial charge in [-0.3, -0.25) is 9.48 Å². The standard InChI is InChI=1S/C11H10ClN3OS/c1-7-8(6-16)11(15(2)14-7)17-10-9(12)4-3-5-13-10/h3-6H,1-2H3. The van der Waals surface area contributed by atoms with Crippen LogP contribution in [0, 0.1) is 6.92 Å². The van der Waals surface area contributed by atoms with Crippen molar-refractivity contribution in [3.63, 3.8) is 0 Å². The van der Waals surface area contributed by atoms with Crippen molar-refractivity contribution in [1.82, 2.24) is 14.8 Å². The van der Waals surface area contributed by atoms with Crippen LogP contribution in [0.15, 0.2) is 28.4 Å². The smallest absolute Gasteiger partial charge is 0.154 e. The Morgan fingerprint density at radius 3 is 2.94 bits per heavy atom. The molecule has 0 saturated heterocycles. The molecule has 0 atom stereocenters. The SMILES string of the molecule is Cc1nn(C)c(Sc2ncccc2Cl)c1C=O. The highest BCUT2D eigenvalue weighted by Crippen LogP contribution is 2.33. The van der Waals surface area contributed by atoms with Gasteiger partial charge in [0.05, 0.1) is 16.3 Å². The highest BCUT2D eigenvalue weighted by Gasteiger charge is 2.15. The Morgan fingerprint density at radius 1 is 1.53 bits per heavy atom. The summed E-state index contributed by atoms with van der Waals surface area (Å²) in [7, 11) is 1.79. The van der Waals surface area contributed by atoms with E-state index in [0.29, 0.717) is 21.3 Å². The molecule has 0 amide bonds. The summed E-state index contributed by atoms with van der Waals surface area (Å²) in [5.41, 5.74) is 1.29. The molecule has 0 aliphatic rings. The maximum absolute atomic E-state index is 11.0. The Hall–Kier alpha value is -1.33. The van der Waals surface area contributed by atoms with E-state index in [2.05, 4.69) is 10.1 Å². The third-order valence-electron chi connectivity index (χ3n) is 2.25. The summed E-state index contributed by atoms with van der Waals surface area (Å²) < 4.78 is 1.66. The third kappa shape index (κ3) is 2.35. The number of hydrogen-bond acceptors (Lipinski definition) is 4. The lowest BCUT2D eigenvalue weighted by atomic mass is 10.3. The van der Waals surface area contributed by atoms with Crippen molar-refractivity contribution in [2.45, 2.75) is 17.0 Å². The van der Waals surface area contributed by atoms with Gasteiger partial charge in [-0.2, -0.15) is 5.10 Å². The summed E-state index contributed by atoms with van der Waals surface area (Å²) in [6, 6.07) is 3.53. The zero-order valence-electron chi connectivity index (χ0n) is 9.35. The fraction of sp³-hybridized carbons (Fsp3) is 0.182. The van der Waals surface area contributed by atoms with Gasteiger partial charge in [0.25, 0.3) is 0 Å². The Bertz CT molecular complexity index is 568. The summed E-state index contributed by atoms with van der Waals surface area (Å²) in [4.78, 5) is 15.2. The minimum atomic E-state index is 0.563. The van der Waals surface area contributed by atoms with Crippen molar-refractivity contribution in [2.24, 2.45) is 7.05 Å². The van der Waals surface area contributed by atoms with E-state index in [1.165, 1.54) is 11.8 Å². The molecule has 2 aromatic rings. The van der Waals surface area contributed by atoms with Crippen LogP contribution in [-0.2, 0) is 7.05 Å². The van der Waals surface area contributed by atoms with Crippen molar-refractivity contribution in [3.05, 3.63) is 34.6 Å². The van der Waals surface area contributed by atoms with Gasteiger partial charge in [-0.1, -0.05) is 11.6 Å². The average molecular weight is 268 g/mol. The van der Waals surface area contributed by atoms with Crippen LogP contribution in [0.3, 0.4) is 0 Å². The molecule has 0 fully saturated rings. The van der Waals surface area contributed by atoms with Crippen LogP contribution >= 0.6 is 23.4 Å². The van der Waals surface area contributed by atoms with Crippen LogP contribution in [0.4, 0.5) is 0 Å². The minimum Gasteiger partial charge on any atom is -0.298 e. The third-order valence-corrected chi connectivity index (χ3v) is 3.86. The van der Waals surface area contributed by atoms with E-state index < -0.39 is 0 Å². The number of nitrogens with zero attached hydrogens (tertiary/aromatic N) is 3. The van der Waals surface area contributed by atoms with Crippen molar-refractivity contribution >= 4 is 29.6 Å². The lowest BCUT2D eigenvalue weighted by molar-refractivity contribution is 0.112. The first-order valence-corrected chi connectivity index (χ1v) is 6.10. The van der Waals surface area contributed by atoms with E-state index in [1.807, 2.05) is 0 Å². The summed E-state index contributed by atoms with van der Waals surface area (Å²) in [6.45, 7) is 1.80. The van der Waals surface area contributed by atoms with Gasteiger partial charge in [-0.15, -0.1) is 0 Å². The van der Waals surface area contributed by atoms with Gasteiger partial charge in [-0.25, -0.2) is 4.98 Å². The molecule has 0 aliphatic carbocycles. The first-order valence-electron chi connectivity index (χ1n) is 4.90. The Kier molecular flexibility index (Phi) is 3.49.